The summed E-state index contributed by atoms with van der Waals surface area (Å²) in [5.41, 5.74) is 2.98. The average molecular weight is 325 g/mol. The monoisotopic (exact) mass is 325 g/mol. The van der Waals surface area contributed by atoms with Gasteiger partial charge in [0.25, 0.3) is 11.8 Å². The standard InChI is InChI=1S/C16H11N3O3S/c20-14-11-3-1-8(5-9(11)7-17-14)13-4-2-10(23-13)6-12-15(21)19-16(22)18-12/h1-6H,7H2,(H,17,20)(H2,18,19,21,22)/b12-6+. The fraction of sp³-hybridized carbons (Fsp3) is 0.0625. The van der Waals surface area contributed by atoms with Crippen LogP contribution < -0.4 is 16.0 Å². The van der Waals surface area contributed by atoms with E-state index in [1.54, 1.807) is 6.08 Å². The molecule has 0 saturated carbocycles. The van der Waals surface area contributed by atoms with Crippen molar-refractivity contribution in [1.82, 2.24) is 16.0 Å². The van der Waals surface area contributed by atoms with Crippen LogP contribution in [0.3, 0.4) is 0 Å². The van der Waals surface area contributed by atoms with Gasteiger partial charge >= 0.3 is 6.03 Å². The minimum Gasteiger partial charge on any atom is -0.348 e. The van der Waals surface area contributed by atoms with Gasteiger partial charge in [-0.15, -0.1) is 11.3 Å². The Morgan fingerprint density at radius 3 is 2.65 bits per heavy atom. The molecule has 0 aliphatic carbocycles. The van der Waals surface area contributed by atoms with Crippen molar-refractivity contribution in [2.75, 3.05) is 0 Å². The van der Waals surface area contributed by atoms with Gasteiger partial charge in [-0.2, -0.15) is 0 Å². The second-order valence-electron chi connectivity index (χ2n) is 5.22. The maximum absolute atomic E-state index is 11.6. The molecule has 114 valence electrons. The number of hydrogen-bond acceptors (Lipinski definition) is 4. The maximum atomic E-state index is 11.6. The van der Waals surface area contributed by atoms with Crippen LogP contribution in [0.5, 0.6) is 0 Å². The number of rotatable bonds is 2. The number of thiophene rings is 1. The molecule has 0 bridgehead atoms. The van der Waals surface area contributed by atoms with Crippen LogP contribution in [0.4, 0.5) is 4.79 Å². The van der Waals surface area contributed by atoms with Gasteiger partial charge in [-0.25, -0.2) is 4.79 Å². The van der Waals surface area contributed by atoms with Crippen LogP contribution in [0.15, 0.2) is 36.0 Å². The van der Waals surface area contributed by atoms with Gasteiger partial charge in [-0.1, -0.05) is 6.07 Å². The van der Waals surface area contributed by atoms with Crippen LogP contribution in [-0.4, -0.2) is 17.8 Å². The van der Waals surface area contributed by atoms with E-state index in [9.17, 15) is 14.4 Å². The first kappa shape index (κ1) is 13.7. The molecule has 4 rings (SSSR count). The van der Waals surface area contributed by atoms with Crippen molar-refractivity contribution in [3.05, 3.63) is 52.0 Å². The highest BCUT2D eigenvalue weighted by Gasteiger charge is 2.23. The van der Waals surface area contributed by atoms with Crippen molar-refractivity contribution < 1.29 is 14.4 Å². The van der Waals surface area contributed by atoms with Crippen molar-refractivity contribution in [2.24, 2.45) is 0 Å². The predicted molar refractivity (Wildman–Crippen MR) is 85.6 cm³/mol. The summed E-state index contributed by atoms with van der Waals surface area (Å²) >= 11 is 1.51. The minimum absolute atomic E-state index is 0.0360. The van der Waals surface area contributed by atoms with Gasteiger partial charge < -0.3 is 10.6 Å². The molecule has 0 unspecified atom stereocenters. The summed E-state index contributed by atoms with van der Waals surface area (Å²) in [5, 5.41) is 7.43. The Hall–Kier alpha value is -2.93. The molecular formula is C16H11N3O3S. The molecule has 1 aromatic heterocycles. The predicted octanol–water partition coefficient (Wildman–Crippen LogP) is 1.84. The quantitative estimate of drug-likeness (QED) is 0.581. The Kier molecular flexibility index (Phi) is 3.02. The number of amides is 4. The van der Waals surface area contributed by atoms with Crippen molar-refractivity contribution >= 4 is 35.3 Å². The lowest BCUT2D eigenvalue weighted by atomic mass is 10.1. The zero-order valence-corrected chi connectivity index (χ0v) is 12.6. The van der Waals surface area contributed by atoms with Gasteiger partial charge in [0.1, 0.15) is 5.70 Å². The third-order valence-electron chi connectivity index (χ3n) is 3.71. The molecule has 1 fully saturated rings. The maximum Gasteiger partial charge on any atom is 0.326 e. The molecule has 0 spiro atoms. The normalized spacial score (nSPS) is 17.9. The summed E-state index contributed by atoms with van der Waals surface area (Å²) in [7, 11) is 0. The first-order valence-corrected chi connectivity index (χ1v) is 7.77. The highest BCUT2D eigenvalue weighted by atomic mass is 32.1. The van der Waals surface area contributed by atoms with Gasteiger partial charge in [0.15, 0.2) is 0 Å². The number of fused-ring (bicyclic) bond motifs is 1. The van der Waals surface area contributed by atoms with E-state index < -0.39 is 11.9 Å². The van der Waals surface area contributed by atoms with Crippen molar-refractivity contribution in [3.8, 4) is 10.4 Å². The van der Waals surface area contributed by atoms with Crippen molar-refractivity contribution in [3.63, 3.8) is 0 Å². The minimum atomic E-state index is -0.506. The molecule has 1 saturated heterocycles. The number of nitrogens with one attached hydrogen (secondary N) is 3. The summed E-state index contributed by atoms with van der Waals surface area (Å²) in [4.78, 5) is 36.1. The molecule has 0 radical (unpaired) electrons. The average Bonchev–Trinajstić information content (AvgIpc) is 3.21. The highest BCUT2D eigenvalue weighted by Crippen LogP contribution is 2.31. The first-order chi connectivity index (χ1) is 11.1. The second kappa shape index (κ2) is 5.06. The van der Waals surface area contributed by atoms with E-state index >= 15 is 0 Å². The molecule has 4 amide bonds. The summed E-state index contributed by atoms with van der Waals surface area (Å²) < 4.78 is 0. The summed E-state index contributed by atoms with van der Waals surface area (Å²) in [6, 6.07) is 9.08. The zero-order chi connectivity index (χ0) is 16.0. The smallest absolute Gasteiger partial charge is 0.326 e. The van der Waals surface area contributed by atoms with Crippen molar-refractivity contribution in [1.29, 1.82) is 0 Å². The van der Waals surface area contributed by atoms with E-state index in [0.717, 1.165) is 26.4 Å². The molecule has 23 heavy (non-hydrogen) atoms. The number of benzene rings is 1. The SMILES string of the molecule is O=C1NC(=O)/C(=C\c2ccc(-c3ccc4c(c3)CNC4=O)s2)N1. The van der Waals surface area contributed by atoms with Gasteiger partial charge in [0.05, 0.1) is 0 Å². The third-order valence-corrected chi connectivity index (χ3v) is 4.79. The van der Waals surface area contributed by atoms with Crippen LogP contribution in [-0.2, 0) is 11.3 Å². The number of carbonyl (C=O) groups excluding carboxylic acids is 3. The topological polar surface area (TPSA) is 87.3 Å². The fourth-order valence-corrected chi connectivity index (χ4v) is 3.54. The van der Waals surface area contributed by atoms with Crippen LogP contribution in [0, 0.1) is 0 Å². The molecule has 7 heteroatoms. The lowest BCUT2D eigenvalue weighted by molar-refractivity contribution is -0.115. The first-order valence-electron chi connectivity index (χ1n) is 6.95. The van der Waals surface area contributed by atoms with E-state index in [4.69, 9.17) is 0 Å². The third kappa shape index (κ3) is 2.40. The molecule has 2 aromatic rings. The van der Waals surface area contributed by atoms with Crippen LogP contribution in [0.2, 0.25) is 0 Å². The molecule has 2 aliphatic rings. The van der Waals surface area contributed by atoms with Gasteiger partial charge in [-0.05, 0) is 41.5 Å². The number of urea groups is 1. The van der Waals surface area contributed by atoms with Gasteiger partial charge in [0, 0.05) is 21.9 Å². The Morgan fingerprint density at radius 1 is 1.00 bits per heavy atom. The largest absolute Gasteiger partial charge is 0.348 e. The molecule has 0 atom stereocenters. The Labute approximate surface area is 135 Å². The Morgan fingerprint density at radius 2 is 1.87 bits per heavy atom. The fourth-order valence-electron chi connectivity index (χ4n) is 2.60. The highest BCUT2D eigenvalue weighted by molar-refractivity contribution is 7.16. The molecule has 6 nitrogen and oxygen atoms in total. The Bertz CT molecular complexity index is 898. The lowest BCUT2D eigenvalue weighted by Crippen LogP contribution is -2.22. The summed E-state index contributed by atoms with van der Waals surface area (Å²) in [5.74, 6) is -0.460. The number of imide groups is 1. The molecule has 3 heterocycles. The summed E-state index contributed by atoms with van der Waals surface area (Å²) in [6.07, 6.45) is 1.65. The molecule has 2 aliphatic heterocycles. The second-order valence-corrected chi connectivity index (χ2v) is 6.34. The molecule has 1 aromatic carbocycles. The lowest BCUT2D eigenvalue weighted by Gasteiger charge is -2.00. The van der Waals surface area contributed by atoms with Crippen molar-refractivity contribution in [2.45, 2.75) is 6.54 Å². The number of hydrogen-bond donors (Lipinski definition) is 3. The number of carbonyl (C=O) groups is 3. The van der Waals surface area contributed by atoms with Gasteiger partial charge in [-0.3, -0.25) is 14.9 Å². The van der Waals surface area contributed by atoms with Gasteiger partial charge in [0.2, 0.25) is 0 Å². The Balaban J connectivity index is 1.64. The van der Waals surface area contributed by atoms with E-state index in [0.29, 0.717) is 6.54 Å². The van der Waals surface area contributed by atoms with E-state index in [1.807, 2.05) is 30.3 Å². The van der Waals surface area contributed by atoms with Crippen LogP contribution in [0.1, 0.15) is 20.8 Å². The van der Waals surface area contributed by atoms with E-state index in [2.05, 4.69) is 16.0 Å². The zero-order valence-electron chi connectivity index (χ0n) is 11.8. The van der Waals surface area contributed by atoms with Crippen LogP contribution in [0.25, 0.3) is 16.5 Å². The van der Waals surface area contributed by atoms with E-state index in [-0.39, 0.29) is 11.6 Å². The molecular weight excluding hydrogens is 314 g/mol. The van der Waals surface area contributed by atoms with Crippen LogP contribution >= 0.6 is 11.3 Å². The summed E-state index contributed by atoms with van der Waals surface area (Å²) in [6.45, 7) is 0.552. The van der Waals surface area contributed by atoms with E-state index in [1.165, 1.54) is 11.3 Å². The molecule has 3 N–H and O–H groups in total.